The molecule has 3 aromatic rings. The predicted octanol–water partition coefficient (Wildman–Crippen LogP) is 4.20. The molecule has 0 saturated carbocycles. The van der Waals surface area contributed by atoms with E-state index >= 15 is 0 Å². The highest BCUT2D eigenvalue weighted by Gasteiger charge is 2.23. The SMILES string of the molecule is CCOc1ccc2nc(N3CCN(C(=O)Cc4ccc(C)c(C)c4)CC3)sc2c1. The van der Waals surface area contributed by atoms with Crippen molar-refractivity contribution in [3.05, 3.63) is 53.1 Å². The summed E-state index contributed by atoms with van der Waals surface area (Å²) in [6.45, 7) is 9.96. The highest BCUT2D eigenvalue weighted by atomic mass is 32.1. The van der Waals surface area contributed by atoms with Gasteiger partial charge in [0.1, 0.15) is 5.75 Å². The van der Waals surface area contributed by atoms with Gasteiger partial charge in [0.15, 0.2) is 5.13 Å². The fraction of sp³-hybridized carbons (Fsp3) is 0.391. The maximum atomic E-state index is 12.7. The number of amides is 1. The Balaban J connectivity index is 1.38. The largest absolute Gasteiger partial charge is 0.494 e. The Kier molecular flexibility index (Phi) is 5.72. The van der Waals surface area contributed by atoms with Gasteiger partial charge in [-0.3, -0.25) is 4.79 Å². The average molecular weight is 410 g/mol. The van der Waals surface area contributed by atoms with Crippen molar-refractivity contribution in [2.24, 2.45) is 0 Å². The number of hydrogen-bond donors (Lipinski definition) is 0. The van der Waals surface area contributed by atoms with Crippen molar-refractivity contribution in [1.29, 1.82) is 0 Å². The standard InChI is InChI=1S/C23H27N3O2S/c1-4-28-19-7-8-20-21(15-19)29-23(24-20)26-11-9-25(10-12-26)22(27)14-18-6-5-16(2)17(3)13-18/h5-8,13,15H,4,9-12,14H2,1-3H3. The number of nitrogens with zero attached hydrogens (tertiary/aromatic N) is 3. The van der Waals surface area contributed by atoms with Gasteiger partial charge in [0, 0.05) is 26.2 Å². The Labute approximate surface area is 175 Å². The third-order valence-electron chi connectivity index (χ3n) is 5.49. The molecular formula is C23H27N3O2S. The third kappa shape index (κ3) is 4.37. The third-order valence-corrected chi connectivity index (χ3v) is 6.57. The lowest BCUT2D eigenvalue weighted by Gasteiger charge is -2.34. The monoisotopic (exact) mass is 409 g/mol. The Morgan fingerprint density at radius 2 is 1.86 bits per heavy atom. The summed E-state index contributed by atoms with van der Waals surface area (Å²) in [6, 6.07) is 12.3. The second-order valence-corrected chi connectivity index (χ2v) is 8.53. The van der Waals surface area contributed by atoms with Gasteiger partial charge in [-0.2, -0.15) is 0 Å². The summed E-state index contributed by atoms with van der Waals surface area (Å²) >= 11 is 1.69. The molecule has 1 saturated heterocycles. The van der Waals surface area contributed by atoms with Crippen LogP contribution in [0.1, 0.15) is 23.6 Å². The van der Waals surface area contributed by atoms with E-state index in [4.69, 9.17) is 9.72 Å². The summed E-state index contributed by atoms with van der Waals surface area (Å²) in [7, 11) is 0. The first-order valence-electron chi connectivity index (χ1n) is 10.2. The number of carbonyl (C=O) groups is 1. The lowest BCUT2D eigenvalue weighted by Crippen LogP contribution is -2.49. The van der Waals surface area contributed by atoms with Gasteiger partial charge in [-0.1, -0.05) is 29.5 Å². The van der Waals surface area contributed by atoms with Crippen LogP contribution in [0.5, 0.6) is 5.75 Å². The maximum Gasteiger partial charge on any atom is 0.227 e. The van der Waals surface area contributed by atoms with Crippen molar-refractivity contribution in [1.82, 2.24) is 9.88 Å². The zero-order valence-electron chi connectivity index (χ0n) is 17.3. The number of rotatable bonds is 5. The summed E-state index contributed by atoms with van der Waals surface area (Å²) < 4.78 is 6.73. The molecule has 2 aromatic carbocycles. The molecule has 1 fully saturated rings. The lowest BCUT2D eigenvalue weighted by molar-refractivity contribution is -0.130. The minimum absolute atomic E-state index is 0.207. The van der Waals surface area contributed by atoms with Crippen molar-refractivity contribution < 1.29 is 9.53 Å². The molecule has 152 valence electrons. The number of ether oxygens (including phenoxy) is 1. The van der Waals surface area contributed by atoms with Crippen molar-refractivity contribution >= 4 is 32.6 Å². The van der Waals surface area contributed by atoms with Gasteiger partial charge < -0.3 is 14.5 Å². The molecule has 29 heavy (non-hydrogen) atoms. The van der Waals surface area contributed by atoms with E-state index in [9.17, 15) is 4.79 Å². The molecule has 1 aliphatic rings. The van der Waals surface area contributed by atoms with Crippen LogP contribution in [0, 0.1) is 13.8 Å². The van der Waals surface area contributed by atoms with Crippen LogP contribution in [0.25, 0.3) is 10.2 Å². The molecule has 4 rings (SSSR count). The zero-order chi connectivity index (χ0) is 20.4. The number of hydrogen-bond acceptors (Lipinski definition) is 5. The molecule has 0 aliphatic carbocycles. The Hall–Kier alpha value is -2.60. The molecule has 1 amide bonds. The lowest BCUT2D eigenvalue weighted by atomic mass is 10.0. The fourth-order valence-corrected chi connectivity index (χ4v) is 4.68. The first kappa shape index (κ1) is 19.7. The van der Waals surface area contributed by atoms with Crippen LogP contribution in [-0.2, 0) is 11.2 Å². The molecule has 0 N–H and O–H groups in total. The number of anilines is 1. The first-order chi connectivity index (χ1) is 14.0. The van der Waals surface area contributed by atoms with Crippen molar-refractivity contribution in [3.63, 3.8) is 0 Å². The van der Waals surface area contributed by atoms with E-state index < -0.39 is 0 Å². The molecule has 1 aliphatic heterocycles. The molecule has 0 spiro atoms. The topological polar surface area (TPSA) is 45.7 Å². The second-order valence-electron chi connectivity index (χ2n) is 7.52. The van der Waals surface area contributed by atoms with E-state index in [1.165, 1.54) is 11.1 Å². The van der Waals surface area contributed by atoms with Gasteiger partial charge >= 0.3 is 0 Å². The van der Waals surface area contributed by atoms with Gasteiger partial charge in [-0.25, -0.2) is 4.98 Å². The number of fused-ring (bicyclic) bond motifs is 1. The average Bonchev–Trinajstić information content (AvgIpc) is 3.14. The molecule has 1 aromatic heterocycles. The van der Waals surface area contributed by atoms with Crippen LogP contribution in [0.4, 0.5) is 5.13 Å². The highest BCUT2D eigenvalue weighted by molar-refractivity contribution is 7.22. The molecule has 0 atom stereocenters. The van der Waals surface area contributed by atoms with E-state index in [1.807, 2.05) is 24.0 Å². The summed E-state index contributed by atoms with van der Waals surface area (Å²) in [5.74, 6) is 1.09. The normalized spacial score (nSPS) is 14.4. The van der Waals surface area contributed by atoms with Crippen molar-refractivity contribution in [2.45, 2.75) is 27.2 Å². The van der Waals surface area contributed by atoms with E-state index in [-0.39, 0.29) is 5.91 Å². The van der Waals surface area contributed by atoms with Crippen LogP contribution in [0.2, 0.25) is 0 Å². The van der Waals surface area contributed by atoms with E-state index in [0.717, 1.165) is 52.8 Å². The quantitative estimate of drug-likeness (QED) is 0.633. The molecule has 0 unspecified atom stereocenters. The highest BCUT2D eigenvalue weighted by Crippen LogP contribution is 2.32. The van der Waals surface area contributed by atoms with E-state index in [2.05, 4.69) is 43.0 Å². The molecule has 2 heterocycles. The molecule has 5 nitrogen and oxygen atoms in total. The zero-order valence-corrected chi connectivity index (χ0v) is 18.1. The van der Waals surface area contributed by atoms with Gasteiger partial charge in [0.25, 0.3) is 0 Å². The Bertz CT molecular complexity index is 1020. The summed E-state index contributed by atoms with van der Waals surface area (Å²) in [4.78, 5) is 21.8. The maximum absolute atomic E-state index is 12.7. The van der Waals surface area contributed by atoms with Gasteiger partial charge in [-0.15, -0.1) is 0 Å². The molecule has 0 bridgehead atoms. The van der Waals surface area contributed by atoms with E-state index in [1.54, 1.807) is 11.3 Å². The number of thiazole rings is 1. The van der Waals surface area contributed by atoms with Gasteiger partial charge in [0.05, 0.1) is 23.2 Å². The second kappa shape index (κ2) is 8.41. The molecular weight excluding hydrogens is 382 g/mol. The number of benzene rings is 2. The van der Waals surface area contributed by atoms with Crippen molar-refractivity contribution in [3.8, 4) is 5.75 Å². The Morgan fingerprint density at radius 3 is 2.59 bits per heavy atom. The van der Waals surface area contributed by atoms with Crippen LogP contribution < -0.4 is 9.64 Å². The van der Waals surface area contributed by atoms with Crippen LogP contribution in [-0.4, -0.2) is 48.6 Å². The number of aromatic nitrogens is 1. The van der Waals surface area contributed by atoms with E-state index in [0.29, 0.717) is 13.0 Å². The summed E-state index contributed by atoms with van der Waals surface area (Å²) in [5.41, 5.74) is 4.60. The number of piperazine rings is 1. The number of carbonyl (C=O) groups excluding carboxylic acids is 1. The Morgan fingerprint density at radius 1 is 1.07 bits per heavy atom. The smallest absolute Gasteiger partial charge is 0.227 e. The van der Waals surface area contributed by atoms with Crippen LogP contribution >= 0.6 is 11.3 Å². The van der Waals surface area contributed by atoms with Gasteiger partial charge in [-0.05, 0) is 55.7 Å². The van der Waals surface area contributed by atoms with Crippen molar-refractivity contribution in [2.75, 3.05) is 37.7 Å². The minimum atomic E-state index is 0.207. The summed E-state index contributed by atoms with van der Waals surface area (Å²) in [5, 5.41) is 1.02. The number of aryl methyl sites for hydroxylation is 2. The summed E-state index contributed by atoms with van der Waals surface area (Å²) in [6.07, 6.45) is 0.475. The van der Waals surface area contributed by atoms with Crippen LogP contribution in [0.15, 0.2) is 36.4 Å². The first-order valence-corrected chi connectivity index (χ1v) is 11.0. The minimum Gasteiger partial charge on any atom is -0.494 e. The fourth-order valence-electron chi connectivity index (χ4n) is 3.63. The molecule has 6 heteroatoms. The van der Waals surface area contributed by atoms with Crippen LogP contribution in [0.3, 0.4) is 0 Å². The predicted molar refractivity (Wildman–Crippen MR) is 119 cm³/mol. The van der Waals surface area contributed by atoms with Gasteiger partial charge in [0.2, 0.25) is 5.91 Å². The molecule has 0 radical (unpaired) electrons.